The van der Waals surface area contributed by atoms with Crippen LogP contribution in [-0.2, 0) is 23.2 Å². The number of hydrogen-bond donors (Lipinski definition) is 1. The van der Waals surface area contributed by atoms with E-state index < -0.39 is 0 Å². The predicted molar refractivity (Wildman–Crippen MR) is 69.1 cm³/mol. The zero-order chi connectivity index (χ0) is 13.4. The van der Waals surface area contributed by atoms with Gasteiger partial charge in [-0.2, -0.15) is 5.10 Å². The van der Waals surface area contributed by atoms with Gasteiger partial charge in [0.05, 0.1) is 30.8 Å². The first-order valence-electron chi connectivity index (χ1n) is 6.10. The Hall–Kier alpha value is -2.37. The summed E-state index contributed by atoms with van der Waals surface area (Å²) in [5, 5.41) is 7.99. The summed E-state index contributed by atoms with van der Waals surface area (Å²) in [5.41, 5.74) is 1.84. The highest BCUT2D eigenvalue weighted by Gasteiger charge is 2.24. The van der Waals surface area contributed by atoms with E-state index >= 15 is 0 Å². The van der Waals surface area contributed by atoms with Crippen molar-refractivity contribution in [1.29, 1.82) is 0 Å². The molecule has 0 bridgehead atoms. The molecule has 2 heterocycles. The van der Waals surface area contributed by atoms with Gasteiger partial charge in [0.1, 0.15) is 0 Å². The van der Waals surface area contributed by atoms with Gasteiger partial charge in [0, 0.05) is 12.4 Å². The Morgan fingerprint density at radius 3 is 2.95 bits per heavy atom. The quantitative estimate of drug-likeness (QED) is 0.826. The Labute approximate surface area is 110 Å². The number of benzene rings is 1. The van der Waals surface area contributed by atoms with Crippen molar-refractivity contribution in [2.45, 2.75) is 6.54 Å². The monoisotopic (exact) mass is 258 g/mol. The van der Waals surface area contributed by atoms with Crippen molar-refractivity contribution < 1.29 is 9.59 Å². The second-order valence-electron chi connectivity index (χ2n) is 4.61. The number of aryl methyl sites for hydroxylation is 1. The molecule has 0 saturated carbocycles. The molecular formula is C13H14N4O2. The minimum Gasteiger partial charge on any atom is -0.345 e. The summed E-state index contributed by atoms with van der Waals surface area (Å²) in [5.74, 6) is -0.200. The van der Waals surface area contributed by atoms with E-state index in [1.807, 2.05) is 31.3 Å². The minimum absolute atomic E-state index is 0.0730. The van der Waals surface area contributed by atoms with Gasteiger partial charge in [-0.15, -0.1) is 0 Å². The maximum Gasteiger partial charge on any atom is 0.242 e. The molecule has 1 N–H and O–H groups in total. The summed E-state index contributed by atoms with van der Waals surface area (Å²) in [7, 11) is 1.87. The minimum atomic E-state index is -0.125. The smallest absolute Gasteiger partial charge is 0.242 e. The van der Waals surface area contributed by atoms with Crippen LogP contribution in [0.4, 0.5) is 0 Å². The van der Waals surface area contributed by atoms with Crippen LogP contribution in [0.25, 0.3) is 10.9 Å². The number of nitrogens with zero attached hydrogens (tertiary/aromatic N) is 3. The molecule has 98 valence electrons. The lowest BCUT2D eigenvalue weighted by Crippen LogP contribution is -2.51. The number of rotatable bonds is 2. The molecular weight excluding hydrogens is 244 g/mol. The Balaban J connectivity index is 1.93. The van der Waals surface area contributed by atoms with Crippen molar-refractivity contribution in [1.82, 2.24) is 20.0 Å². The number of aromatic nitrogens is 2. The van der Waals surface area contributed by atoms with E-state index in [0.29, 0.717) is 6.54 Å². The summed E-state index contributed by atoms with van der Waals surface area (Å²) in [6.45, 7) is 0.543. The second kappa shape index (κ2) is 4.38. The fourth-order valence-electron chi connectivity index (χ4n) is 2.33. The molecule has 1 aromatic carbocycles. The van der Waals surface area contributed by atoms with E-state index in [-0.39, 0.29) is 24.9 Å². The van der Waals surface area contributed by atoms with E-state index in [9.17, 15) is 9.59 Å². The fourth-order valence-corrected chi connectivity index (χ4v) is 2.33. The van der Waals surface area contributed by atoms with Gasteiger partial charge in [-0.3, -0.25) is 14.3 Å². The molecule has 1 fully saturated rings. The van der Waals surface area contributed by atoms with Crippen LogP contribution < -0.4 is 5.32 Å². The van der Waals surface area contributed by atoms with Gasteiger partial charge in [-0.05, 0) is 6.07 Å². The third-order valence-electron chi connectivity index (χ3n) is 3.30. The van der Waals surface area contributed by atoms with Crippen molar-refractivity contribution >= 4 is 22.7 Å². The van der Waals surface area contributed by atoms with Crippen LogP contribution in [0.3, 0.4) is 0 Å². The first kappa shape index (κ1) is 11.7. The van der Waals surface area contributed by atoms with Crippen LogP contribution in [-0.4, -0.2) is 39.6 Å². The number of fused-ring (bicyclic) bond motifs is 1. The number of amides is 2. The normalized spacial score (nSPS) is 15.9. The lowest BCUT2D eigenvalue weighted by molar-refractivity contribution is -0.141. The summed E-state index contributed by atoms with van der Waals surface area (Å²) in [6, 6.07) is 7.86. The van der Waals surface area contributed by atoms with Crippen molar-refractivity contribution in [3.05, 3.63) is 30.0 Å². The molecule has 2 aromatic rings. The topological polar surface area (TPSA) is 67.2 Å². The highest BCUT2D eigenvalue weighted by atomic mass is 16.2. The molecule has 6 heteroatoms. The van der Waals surface area contributed by atoms with Gasteiger partial charge in [-0.25, -0.2) is 0 Å². The number of para-hydroxylation sites is 1. The van der Waals surface area contributed by atoms with E-state index in [1.165, 1.54) is 4.90 Å². The molecule has 1 saturated heterocycles. The number of nitrogens with one attached hydrogen (secondary N) is 1. The lowest BCUT2D eigenvalue weighted by Gasteiger charge is -2.25. The van der Waals surface area contributed by atoms with Crippen LogP contribution in [0.5, 0.6) is 0 Å². The van der Waals surface area contributed by atoms with Crippen molar-refractivity contribution in [2.75, 3.05) is 13.1 Å². The molecule has 1 aliphatic heterocycles. The van der Waals surface area contributed by atoms with E-state index in [1.54, 1.807) is 4.68 Å². The van der Waals surface area contributed by atoms with Crippen LogP contribution in [0.15, 0.2) is 24.3 Å². The Morgan fingerprint density at radius 1 is 1.32 bits per heavy atom. The van der Waals surface area contributed by atoms with Crippen LogP contribution >= 0.6 is 0 Å². The fraction of sp³-hybridized carbons (Fsp3) is 0.308. The molecule has 1 aromatic heterocycles. The summed E-state index contributed by atoms with van der Waals surface area (Å²) < 4.78 is 1.79. The number of hydrogen-bond acceptors (Lipinski definition) is 3. The maximum atomic E-state index is 11.8. The molecule has 19 heavy (non-hydrogen) atoms. The van der Waals surface area contributed by atoms with Gasteiger partial charge < -0.3 is 10.2 Å². The zero-order valence-corrected chi connectivity index (χ0v) is 10.6. The summed E-state index contributed by atoms with van der Waals surface area (Å²) >= 11 is 0. The van der Waals surface area contributed by atoms with Gasteiger partial charge >= 0.3 is 0 Å². The van der Waals surface area contributed by atoms with Gasteiger partial charge in [0.2, 0.25) is 11.8 Å². The highest BCUT2D eigenvalue weighted by molar-refractivity contribution is 5.92. The Kier molecular flexibility index (Phi) is 2.70. The van der Waals surface area contributed by atoms with E-state index in [4.69, 9.17) is 0 Å². The molecule has 6 nitrogen and oxygen atoms in total. The molecule has 0 radical (unpaired) electrons. The molecule has 0 spiro atoms. The van der Waals surface area contributed by atoms with Gasteiger partial charge in [0.25, 0.3) is 0 Å². The number of carbonyl (C=O) groups is 2. The highest BCUT2D eigenvalue weighted by Crippen LogP contribution is 2.19. The molecule has 2 amide bonds. The average Bonchev–Trinajstić information content (AvgIpc) is 2.72. The Bertz CT molecular complexity index is 662. The van der Waals surface area contributed by atoms with Crippen LogP contribution in [0.2, 0.25) is 0 Å². The average molecular weight is 258 g/mol. The lowest BCUT2D eigenvalue weighted by atomic mass is 10.2. The van der Waals surface area contributed by atoms with Crippen molar-refractivity contribution in [3.8, 4) is 0 Å². The van der Waals surface area contributed by atoms with Gasteiger partial charge in [0.15, 0.2) is 0 Å². The first-order chi connectivity index (χ1) is 9.15. The Morgan fingerprint density at radius 2 is 2.11 bits per heavy atom. The summed E-state index contributed by atoms with van der Waals surface area (Å²) in [6.07, 6.45) is 0. The van der Waals surface area contributed by atoms with E-state index in [2.05, 4.69) is 10.4 Å². The molecule has 0 unspecified atom stereocenters. The van der Waals surface area contributed by atoms with E-state index in [0.717, 1.165) is 16.6 Å². The zero-order valence-electron chi connectivity index (χ0n) is 10.6. The third-order valence-corrected chi connectivity index (χ3v) is 3.30. The van der Waals surface area contributed by atoms with Crippen molar-refractivity contribution in [3.63, 3.8) is 0 Å². The SMILES string of the molecule is Cn1nc(CN2CC(=O)NCC2=O)c2ccccc21. The largest absolute Gasteiger partial charge is 0.345 e. The standard InChI is InChI=1S/C13H14N4O2/c1-16-11-5-3-2-4-9(11)10(15-16)7-17-8-12(18)14-6-13(17)19/h2-5H,6-8H2,1H3,(H,14,18). The third kappa shape index (κ3) is 2.05. The second-order valence-corrected chi connectivity index (χ2v) is 4.61. The molecule has 0 atom stereocenters. The van der Waals surface area contributed by atoms with Gasteiger partial charge in [-0.1, -0.05) is 18.2 Å². The molecule has 3 rings (SSSR count). The van der Waals surface area contributed by atoms with Crippen molar-refractivity contribution in [2.24, 2.45) is 7.05 Å². The number of carbonyl (C=O) groups excluding carboxylic acids is 2. The first-order valence-corrected chi connectivity index (χ1v) is 6.10. The predicted octanol–water partition coefficient (Wildman–Crippen LogP) is 0.0317. The van der Waals surface area contributed by atoms with Crippen LogP contribution in [0.1, 0.15) is 5.69 Å². The summed E-state index contributed by atoms with van der Waals surface area (Å²) in [4.78, 5) is 24.6. The molecule has 1 aliphatic rings. The van der Waals surface area contributed by atoms with Crippen LogP contribution in [0, 0.1) is 0 Å². The molecule has 0 aliphatic carbocycles. The number of piperazine rings is 1. The maximum absolute atomic E-state index is 11.8.